The summed E-state index contributed by atoms with van der Waals surface area (Å²) in [5, 5.41) is 0. The van der Waals surface area contributed by atoms with Crippen molar-refractivity contribution in [3.05, 3.63) is 86.6 Å². The SMILES string of the molecule is COCCn1c(N)c(N(Cc2ccccc2)C(=O)c2cccc(OCC3CCCO3)c2)c(=O)[nH]c1=O. The number of H-pyrrole nitrogens is 1. The van der Waals surface area contributed by atoms with Crippen LogP contribution in [-0.4, -0.2) is 48.5 Å². The normalized spacial score (nSPS) is 15.1. The molecule has 0 aliphatic carbocycles. The molecule has 3 N–H and O–H groups in total. The third kappa shape index (κ3) is 5.84. The highest BCUT2D eigenvalue weighted by Gasteiger charge is 2.26. The first-order valence-electron chi connectivity index (χ1n) is 11.8. The molecule has 1 aliphatic heterocycles. The van der Waals surface area contributed by atoms with Gasteiger partial charge in [0.25, 0.3) is 11.5 Å². The Kier molecular flexibility index (Phi) is 8.19. The Morgan fingerprint density at radius 3 is 2.72 bits per heavy atom. The van der Waals surface area contributed by atoms with Crippen molar-refractivity contribution in [2.45, 2.75) is 32.0 Å². The lowest BCUT2D eigenvalue weighted by Gasteiger charge is -2.25. The molecule has 190 valence electrons. The Bertz CT molecular complexity index is 1300. The van der Waals surface area contributed by atoms with Gasteiger partial charge in [0.15, 0.2) is 5.69 Å². The molecule has 1 saturated heterocycles. The molecule has 0 spiro atoms. The molecular formula is C26H30N4O6. The fourth-order valence-electron chi connectivity index (χ4n) is 4.10. The largest absolute Gasteiger partial charge is 0.491 e. The Morgan fingerprint density at radius 1 is 1.19 bits per heavy atom. The maximum Gasteiger partial charge on any atom is 0.330 e. The van der Waals surface area contributed by atoms with Crippen molar-refractivity contribution >= 4 is 17.4 Å². The van der Waals surface area contributed by atoms with Crippen molar-refractivity contribution in [3.8, 4) is 5.75 Å². The van der Waals surface area contributed by atoms with Gasteiger partial charge in [0.05, 0.1) is 25.8 Å². The topological polar surface area (TPSA) is 129 Å². The standard InChI is InChI=1S/C26H30N4O6/c1-34-14-12-29-23(27)22(24(31)28-26(29)33)30(16-18-7-3-2-4-8-18)25(32)19-9-5-10-20(15-19)36-17-21-11-6-13-35-21/h2-5,7-10,15,21H,6,11-14,16-17,27H2,1H3,(H,28,31,33). The fraction of sp³-hybridized carbons (Fsp3) is 0.346. The number of aromatic amines is 1. The lowest BCUT2D eigenvalue weighted by molar-refractivity contribution is 0.0679. The minimum absolute atomic E-state index is 0.0328. The van der Waals surface area contributed by atoms with Crippen LogP contribution >= 0.6 is 0 Å². The first-order valence-corrected chi connectivity index (χ1v) is 11.8. The number of hydrogen-bond acceptors (Lipinski definition) is 7. The number of carbonyl (C=O) groups is 1. The second-order valence-corrected chi connectivity index (χ2v) is 8.49. The van der Waals surface area contributed by atoms with Crippen molar-refractivity contribution in [1.29, 1.82) is 0 Å². The molecule has 1 aliphatic rings. The quantitative estimate of drug-likeness (QED) is 0.442. The third-order valence-corrected chi connectivity index (χ3v) is 5.97. The molecule has 1 atom stereocenters. The number of carbonyl (C=O) groups excluding carboxylic acids is 1. The van der Waals surface area contributed by atoms with E-state index in [1.54, 1.807) is 24.3 Å². The number of amides is 1. The molecule has 1 aromatic heterocycles. The van der Waals surface area contributed by atoms with E-state index >= 15 is 0 Å². The van der Waals surface area contributed by atoms with Crippen LogP contribution in [0.1, 0.15) is 28.8 Å². The van der Waals surface area contributed by atoms with E-state index in [0.717, 1.165) is 25.0 Å². The fourth-order valence-corrected chi connectivity index (χ4v) is 4.10. The molecule has 0 bridgehead atoms. The summed E-state index contributed by atoms with van der Waals surface area (Å²) in [6.07, 6.45) is 1.97. The van der Waals surface area contributed by atoms with Gasteiger partial charge in [-0.05, 0) is 36.6 Å². The predicted octanol–water partition coefficient (Wildman–Crippen LogP) is 2.17. The van der Waals surface area contributed by atoms with Crippen LogP contribution in [0.3, 0.4) is 0 Å². The number of rotatable bonds is 10. The average Bonchev–Trinajstić information content (AvgIpc) is 3.41. The van der Waals surface area contributed by atoms with Crippen LogP contribution in [-0.2, 0) is 22.6 Å². The molecule has 4 rings (SSSR count). The van der Waals surface area contributed by atoms with Gasteiger partial charge < -0.3 is 19.9 Å². The van der Waals surface area contributed by atoms with Gasteiger partial charge in [-0.25, -0.2) is 4.79 Å². The molecule has 1 amide bonds. The number of nitrogens with two attached hydrogens (primary N) is 1. The Labute approximate surface area is 208 Å². The second-order valence-electron chi connectivity index (χ2n) is 8.49. The van der Waals surface area contributed by atoms with Gasteiger partial charge in [0, 0.05) is 19.3 Å². The van der Waals surface area contributed by atoms with Gasteiger partial charge in [-0.1, -0.05) is 36.4 Å². The Morgan fingerprint density at radius 2 is 2.00 bits per heavy atom. The number of anilines is 2. The zero-order valence-corrected chi connectivity index (χ0v) is 20.1. The summed E-state index contributed by atoms with van der Waals surface area (Å²) in [5.41, 5.74) is 5.86. The third-order valence-electron chi connectivity index (χ3n) is 5.97. The number of hydrogen-bond donors (Lipinski definition) is 2. The highest BCUT2D eigenvalue weighted by atomic mass is 16.5. The number of aromatic nitrogens is 2. The van der Waals surface area contributed by atoms with Gasteiger partial charge in [0.1, 0.15) is 18.2 Å². The van der Waals surface area contributed by atoms with E-state index in [1.165, 1.54) is 16.6 Å². The van der Waals surface area contributed by atoms with E-state index in [9.17, 15) is 14.4 Å². The lowest BCUT2D eigenvalue weighted by Crippen LogP contribution is -2.41. The van der Waals surface area contributed by atoms with Gasteiger partial charge in [-0.2, -0.15) is 0 Å². The number of ether oxygens (including phenoxy) is 3. The molecule has 1 unspecified atom stereocenters. The number of benzene rings is 2. The first kappa shape index (κ1) is 25.2. The van der Waals surface area contributed by atoms with Crippen LogP contribution in [0.2, 0.25) is 0 Å². The highest BCUT2D eigenvalue weighted by Crippen LogP contribution is 2.24. The van der Waals surface area contributed by atoms with Crippen molar-refractivity contribution in [2.24, 2.45) is 0 Å². The van der Waals surface area contributed by atoms with Crippen LogP contribution in [0.15, 0.2) is 64.2 Å². The number of nitrogens with zero attached hydrogens (tertiary/aromatic N) is 2. The molecule has 2 heterocycles. The Hall–Kier alpha value is -3.89. The highest BCUT2D eigenvalue weighted by molar-refractivity contribution is 6.07. The van der Waals surface area contributed by atoms with Gasteiger partial charge in [-0.15, -0.1) is 0 Å². The summed E-state index contributed by atoms with van der Waals surface area (Å²) in [5.74, 6) is -0.0608. The number of nitrogens with one attached hydrogen (secondary N) is 1. The number of methoxy groups -OCH3 is 1. The second kappa shape index (κ2) is 11.7. The van der Waals surface area contributed by atoms with Crippen molar-refractivity contribution in [1.82, 2.24) is 9.55 Å². The van der Waals surface area contributed by atoms with E-state index in [2.05, 4.69) is 4.98 Å². The predicted molar refractivity (Wildman–Crippen MR) is 135 cm³/mol. The minimum Gasteiger partial charge on any atom is -0.491 e. The van der Waals surface area contributed by atoms with Gasteiger partial charge >= 0.3 is 5.69 Å². The average molecular weight is 495 g/mol. The van der Waals surface area contributed by atoms with Crippen LogP contribution in [0.25, 0.3) is 0 Å². The van der Waals surface area contributed by atoms with Gasteiger partial charge in [0.2, 0.25) is 0 Å². The van der Waals surface area contributed by atoms with Crippen LogP contribution in [0.5, 0.6) is 5.75 Å². The summed E-state index contributed by atoms with van der Waals surface area (Å²) in [4.78, 5) is 42.7. The van der Waals surface area contributed by atoms with Gasteiger partial charge in [-0.3, -0.25) is 24.0 Å². The summed E-state index contributed by atoms with van der Waals surface area (Å²) >= 11 is 0. The van der Waals surface area contributed by atoms with E-state index in [1.807, 2.05) is 30.3 Å². The monoisotopic (exact) mass is 494 g/mol. The molecule has 10 nitrogen and oxygen atoms in total. The van der Waals surface area contributed by atoms with Crippen LogP contribution < -0.4 is 26.6 Å². The maximum absolute atomic E-state index is 13.8. The number of nitrogen functional groups attached to an aromatic ring is 1. The smallest absolute Gasteiger partial charge is 0.330 e. The molecule has 2 aromatic carbocycles. The molecule has 36 heavy (non-hydrogen) atoms. The summed E-state index contributed by atoms with van der Waals surface area (Å²) in [6.45, 7) is 1.50. The van der Waals surface area contributed by atoms with Crippen molar-refractivity contribution < 1.29 is 19.0 Å². The summed E-state index contributed by atoms with van der Waals surface area (Å²) in [7, 11) is 1.49. The van der Waals surface area contributed by atoms with Crippen molar-refractivity contribution in [2.75, 3.05) is 37.6 Å². The minimum atomic E-state index is -0.749. The lowest BCUT2D eigenvalue weighted by atomic mass is 10.1. The molecule has 10 heteroatoms. The van der Waals surface area contributed by atoms with Crippen molar-refractivity contribution in [3.63, 3.8) is 0 Å². The summed E-state index contributed by atoms with van der Waals surface area (Å²) < 4.78 is 17.7. The molecule has 1 fully saturated rings. The molecular weight excluding hydrogens is 464 g/mol. The van der Waals surface area contributed by atoms with Crippen LogP contribution in [0.4, 0.5) is 11.5 Å². The zero-order valence-electron chi connectivity index (χ0n) is 20.1. The molecule has 3 aromatic rings. The first-order chi connectivity index (χ1) is 17.5. The summed E-state index contributed by atoms with van der Waals surface area (Å²) in [6, 6.07) is 16.0. The van der Waals surface area contributed by atoms with E-state index in [0.29, 0.717) is 17.9 Å². The zero-order chi connectivity index (χ0) is 25.5. The Balaban J connectivity index is 1.70. The van der Waals surface area contributed by atoms with E-state index in [-0.39, 0.29) is 37.3 Å². The van der Waals surface area contributed by atoms with E-state index < -0.39 is 17.2 Å². The molecule has 0 saturated carbocycles. The van der Waals surface area contributed by atoms with Crippen LogP contribution in [0, 0.1) is 0 Å². The maximum atomic E-state index is 13.8. The molecule has 0 radical (unpaired) electrons. The van der Waals surface area contributed by atoms with E-state index in [4.69, 9.17) is 19.9 Å².